The Labute approximate surface area is 280 Å². The van der Waals surface area contributed by atoms with Crippen LogP contribution in [0.3, 0.4) is 0 Å². The molecular weight excluding hydrogens is 675 g/mol. The Morgan fingerprint density at radius 1 is 1.12 bits per heavy atom. The van der Waals surface area contributed by atoms with E-state index in [0.717, 1.165) is 0 Å². The fourth-order valence-electron chi connectivity index (χ4n) is 5.72. The van der Waals surface area contributed by atoms with Gasteiger partial charge < -0.3 is 15.0 Å². The van der Waals surface area contributed by atoms with Crippen molar-refractivity contribution in [3.8, 4) is 22.7 Å². The quantitative estimate of drug-likeness (QED) is 0.183. The second-order valence-corrected chi connectivity index (χ2v) is 11.8. The molecule has 6 rings (SSSR count). The number of piperidine rings is 1. The molecule has 0 atom stereocenters. The summed E-state index contributed by atoms with van der Waals surface area (Å²) in [4.78, 5) is 33.7. The summed E-state index contributed by atoms with van der Waals surface area (Å²) < 4.78 is 72.7. The number of rotatable bonds is 9. The molecule has 11 nitrogen and oxygen atoms in total. The molecule has 0 saturated carbocycles. The number of hydrogen-bond acceptors (Lipinski definition) is 7. The zero-order valence-electron chi connectivity index (χ0n) is 25.7. The third-order valence-electron chi connectivity index (χ3n) is 8.08. The van der Waals surface area contributed by atoms with Crippen molar-refractivity contribution in [1.29, 1.82) is 0 Å². The predicted molar refractivity (Wildman–Crippen MR) is 169 cm³/mol. The molecule has 1 aliphatic heterocycles. The number of nitrogens with zero attached hydrogens (tertiary/aromatic N) is 7. The summed E-state index contributed by atoms with van der Waals surface area (Å²) in [5.74, 6) is -1.10. The Bertz CT molecular complexity index is 1970. The Morgan fingerprint density at radius 2 is 1.86 bits per heavy atom. The number of aromatic nitrogens is 5. The number of benzene rings is 2. The largest absolute Gasteiger partial charge is 0.434 e. The summed E-state index contributed by atoms with van der Waals surface area (Å²) in [6.07, 6.45) is 2.46. The standard InChI is InChI=1S/C32H28ClF5N8O3/c1-43(18-32(36,37)38)21-9-13-44(14-10-21)30(48)19-3-6-22(7-4-19)46-17-25(41-29(47)24-16-40-45-12-2-11-39-28(24)45)27(42-46)23-15-20(33)5-8-26(23)49-31(34)35/h2-8,11-12,15-17,21,31H,9-10,13-14,18H2,1H3,(H,41,47). The molecule has 17 heteroatoms. The van der Waals surface area contributed by atoms with Gasteiger partial charge in [-0.15, -0.1) is 0 Å². The minimum absolute atomic E-state index is 0.0643. The van der Waals surface area contributed by atoms with Crippen molar-refractivity contribution in [2.45, 2.75) is 31.7 Å². The van der Waals surface area contributed by atoms with Crippen LogP contribution in [0.15, 0.2) is 73.3 Å². The molecule has 0 radical (unpaired) electrons. The zero-order chi connectivity index (χ0) is 34.9. The van der Waals surface area contributed by atoms with Gasteiger partial charge in [0.1, 0.15) is 17.0 Å². The molecule has 4 heterocycles. The van der Waals surface area contributed by atoms with Gasteiger partial charge in [0.2, 0.25) is 0 Å². The average molecular weight is 703 g/mol. The molecule has 3 aromatic heterocycles. The highest BCUT2D eigenvalue weighted by molar-refractivity contribution is 6.31. The van der Waals surface area contributed by atoms with Gasteiger partial charge in [0.15, 0.2) is 5.65 Å². The number of carbonyl (C=O) groups is 2. The highest BCUT2D eigenvalue weighted by Crippen LogP contribution is 2.38. The van der Waals surface area contributed by atoms with E-state index in [1.807, 2.05) is 0 Å². The van der Waals surface area contributed by atoms with Crippen molar-refractivity contribution in [2.75, 3.05) is 32.0 Å². The summed E-state index contributed by atoms with van der Waals surface area (Å²) in [5, 5.41) is 11.7. The number of carbonyl (C=O) groups excluding carboxylic acids is 2. The lowest BCUT2D eigenvalue weighted by atomic mass is 10.0. The van der Waals surface area contributed by atoms with Gasteiger partial charge in [-0.25, -0.2) is 14.2 Å². The SMILES string of the molecule is CN(CC(F)(F)F)C1CCN(C(=O)c2ccc(-n3cc(NC(=O)c4cnn5cccnc45)c(-c4cc(Cl)ccc4OC(F)F)n3)cc2)CC1. The van der Waals surface area contributed by atoms with Gasteiger partial charge in [0.05, 0.1) is 30.3 Å². The number of ether oxygens (including phenoxy) is 1. The van der Waals surface area contributed by atoms with Crippen molar-refractivity contribution in [3.63, 3.8) is 0 Å². The molecule has 0 spiro atoms. The van der Waals surface area contributed by atoms with E-state index >= 15 is 0 Å². The van der Waals surface area contributed by atoms with Crippen LogP contribution < -0.4 is 10.1 Å². The monoisotopic (exact) mass is 702 g/mol. The van der Waals surface area contributed by atoms with E-state index in [1.54, 1.807) is 41.4 Å². The van der Waals surface area contributed by atoms with Crippen molar-refractivity contribution in [3.05, 3.63) is 89.5 Å². The van der Waals surface area contributed by atoms with Crippen LogP contribution in [-0.4, -0.2) is 91.5 Å². The first-order chi connectivity index (χ1) is 23.4. The zero-order valence-corrected chi connectivity index (χ0v) is 26.5. The van der Waals surface area contributed by atoms with E-state index in [0.29, 0.717) is 37.2 Å². The maximum Gasteiger partial charge on any atom is 0.401 e. The summed E-state index contributed by atoms with van der Waals surface area (Å²) in [7, 11) is 1.43. The minimum Gasteiger partial charge on any atom is -0.434 e. The first-order valence-electron chi connectivity index (χ1n) is 15.0. The van der Waals surface area contributed by atoms with Gasteiger partial charge in [0.25, 0.3) is 11.8 Å². The second-order valence-electron chi connectivity index (χ2n) is 11.4. The maximum absolute atomic E-state index is 13.4. The molecule has 0 bridgehead atoms. The molecule has 0 aliphatic carbocycles. The highest BCUT2D eigenvalue weighted by Gasteiger charge is 2.34. The Hall–Kier alpha value is -5.09. The molecule has 2 aromatic carbocycles. The van der Waals surface area contributed by atoms with Crippen molar-refractivity contribution in [2.24, 2.45) is 0 Å². The van der Waals surface area contributed by atoms with Crippen LogP contribution in [0, 0.1) is 0 Å². The van der Waals surface area contributed by atoms with Crippen molar-refractivity contribution >= 4 is 34.7 Å². The van der Waals surface area contributed by atoms with Crippen LogP contribution in [0.1, 0.15) is 33.6 Å². The third kappa shape index (κ3) is 7.65. The third-order valence-corrected chi connectivity index (χ3v) is 8.32. The van der Waals surface area contributed by atoms with Gasteiger partial charge in [-0.2, -0.15) is 32.1 Å². The molecule has 1 N–H and O–H groups in total. The fraction of sp³-hybridized carbons (Fsp3) is 0.281. The topological polar surface area (TPSA) is 110 Å². The number of likely N-dealkylation sites (tertiary alicyclic amines) is 1. The first kappa shape index (κ1) is 33.8. The number of anilines is 1. The summed E-state index contributed by atoms with van der Waals surface area (Å²) in [6.45, 7) is -3.54. The first-order valence-corrected chi connectivity index (χ1v) is 15.3. The normalized spacial score (nSPS) is 14.2. The van der Waals surface area contributed by atoms with Gasteiger partial charge in [-0.05, 0) is 68.4 Å². The smallest absolute Gasteiger partial charge is 0.401 e. The van der Waals surface area contributed by atoms with E-state index in [-0.39, 0.29) is 50.9 Å². The van der Waals surface area contributed by atoms with Crippen LogP contribution in [0.2, 0.25) is 5.02 Å². The summed E-state index contributed by atoms with van der Waals surface area (Å²) in [5.41, 5.74) is 1.52. The minimum atomic E-state index is -4.30. The van der Waals surface area contributed by atoms with Crippen molar-refractivity contribution < 1.29 is 36.3 Å². The lowest BCUT2D eigenvalue weighted by molar-refractivity contribution is -0.148. The molecule has 256 valence electrons. The Morgan fingerprint density at radius 3 is 2.55 bits per heavy atom. The lowest BCUT2D eigenvalue weighted by Gasteiger charge is -2.37. The molecule has 5 aromatic rings. The molecule has 1 fully saturated rings. The van der Waals surface area contributed by atoms with Crippen LogP contribution >= 0.6 is 11.6 Å². The number of nitrogens with one attached hydrogen (secondary N) is 1. The number of fused-ring (bicyclic) bond motifs is 1. The molecule has 49 heavy (non-hydrogen) atoms. The van der Waals surface area contributed by atoms with Crippen molar-refractivity contribution in [1.82, 2.24) is 34.2 Å². The van der Waals surface area contributed by atoms with Crippen LogP contribution in [-0.2, 0) is 0 Å². The van der Waals surface area contributed by atoms with E-state index in [2.05, 4.69) is 20.5 Å². The number of halogens is 6. The maximum atomic E-state index is 13.4. The van der Waals surface area contributed by atoms with E-state index in [1.165, 1.54) is 57.9 Å². The lowest BCUT2D eigenvalue weighted by Crippen LogP contribution is -2.47. The van der Waals surface area contributed by atoms with Gasteiger partial charge in [-0.3, -0.25) is 14.5 Å². The molecule has 1 aliphatic rings. The summed E-state index contributed by atoms with van der Waals surface area (Å²) >= 11 is 6.22. The van der Waals surface area contributed by atoms with Crippen LogP contribution in [0.4, 0.5) is 27.6 Å². The Balaban J connectivity index is 1.26. The summed E-state index contributed by atoms with van der Waals surface area (Å²) in [6, 6.07) is 11.8. The highest BCUT2D eigenvalue weighted by atomic mass is 35.5. The number of alkyl halides is 5. The van der Waals surface area contributed by atoms with E-state index in [9.17, 15) is 31.5 Å². The number of hydrogen-bond donors (Lipinski definition) is 1. The van der Waals surface area contributed by atoms with Gasteiger partial charge in [-0.1, -0.05) is 11.6 Å². The fourth-order valence-corrected chi connectivity index (χ4v) is 5.89. The van der Waals surface area contributed by atoms with Gasteiger partial charge in [0, 0.05) is 47.7 Å². The van der Waals surface area contributed by atoms with Crippen LogP contribution in [0.5, 0.6) is 5.75 Å². The molecule has 2 amide bonds. The molecular formula is C32H28ClF5N8O3. The molecule has 1 saturated heterocycles. The average Bonchev–Trinajstić information content (AvgIpc) is 3.69. The van der Waals surface area contributed by atoms with Gasteiger partial charge >= 0.3 is 12.8 Å². The molecule has 0 unspecified atom stereocenters. The van der Waals surface area contributed by atoms with E-state index in [4.69, 9.17) is 16.3 Å². The predicted octanol–water partition coefficient (Wildman–Crippen LogP) is 6.19. The Kier molecular flexibility index (Phi) is 9.52. The van der Waals surface area contributed by atoms with E-state index < -0.39 is 25.2 Å². The van der Waals surface area contributed by atoms with Crippen LogP contribution in [0.25, 0.3) is 22.6 Å². The second kappa shape index (κ2) is 13.8. The number of amides is 2.